The van der Waals surface area contributed by atoms with Crippen LogP contribution in [0.1, 0.15) is 28.8 Å². The minimum absolute atomic E-state index is 0.0864. The van der Waals surface area contributed by atoms with Crippen molar-refractivity contribution in [3.63, 3.8) is 0 Å². The molecule has 1 unspecified atom stereocenters. The molecule has 2 aromatic carbocycles. The van der Waals surface area contributed by atoms with Crippen molar-refractivity contribution < 1.29 is 4.79 Å². The van der Waals surface area contributed by atoms with Gasteiger partial charge >= 0.3 is 0 Å². The number of carbonyl (C=O) groups is 1. The number of fused-ring (bicyclic) bond motifs is 1. The van der Waals surface area contributed by atoms with Gasteiger partial charge in [-0.2, -0.15) is 0 Å². The summed E-state index contributed by atoms with van der Waals surface area (Å²) in [7, 11) is 0. The molecule has 0 fully saturated rings. The fraction of sp³-hybridized carbons (Fsp3) is 0.125. The number of carbonyl (C=O) groups excluding carboxylic acids is 1. The van der Waals surface area contributed by atoms with Gasteiger partial charge in [0.1, 0.15) is 0 Å². The number of amides is 1. The Morgan fingerprint density at radius 3 is 2.46 bits per heavy atom. The Labute approximate surface area is 164 Å². The highest BCUT2D eigenvalue weighted by Crippen LogP contribution is 2.24. The molecule has 2 heterocycles. The average molecular weight is 367 g/mol. The molecule has 0 radical (unpaired) electrons. The first-order chi connectivity index (χ1) is 13.7. The number of pyridine rings is 2. The molecule has 0 spiro atoms. The predicted octanol–water partition coefficient (Wildman–Crippen LogP) is 4.83. The minimum atomic E-state index is -0.0864. The summed E-state index contributed by atoms with van der Waals surface area (Å²) < 4.78 is 0. The number of para-hydroxylation sites is 1. The van der Waals surface area contributed by atoms with E-state index in [0.29, 0.717) is 12.1 Å². The van der Waals surface area contributed by atoms with E-state index >= 15 is 0 Å². The normalized spacial score (nSPS) is 11.9. The number of hydrogen-bond donors (Lipinski definition) is 1. The van der Waals surface area contributed by atoms with E-state index < -0.39 is 0 Å². The lowest BCUT2D eigenvalue weighted by atomic mass is 10.0. The molecule has 138 valence electrons. The standard InChI is InChI=1S/C24H21N3O/c1-17(18-7-3-2-4-8-18)16-26-24(28)21-15-23(19-11-13-25-14-12-19)27-22-10-6-5-9-20(21)22/h2-15,17H,16H2,1H3,(H,26,28). The van der Waals surface area contributed by atoms with Crippen LogP contribution in [0, 0.1) is 0 Å². The molecule has 0 bridgehead atoms. The zero-order valence-corrected chi connectivity index (χ0v) is 15.7. The van der Waals surface area contributed by atoms with Gasteiger partial charge in [0.2, 0.25) is 0 Å². The molecular formula is C24H21N3O. The third kappa shape index (κ3) is 3.76. The summed E-state index contributed by atoms with van der Waals surface area (Å²) in [5.74, 6) is 0.148. The molecule has 0 aliphatic rings. The van der Waals surface area contributed by atoms with Crippen LogP contribution >= 0.6 is 0 Å². The quantitative estimate of drug-likeness (QED) is 0.550. The Morgan fingerprint density at radius 2 is 1.68 bits per heavy atom. The predicted molar refractivity (Wildman–Crippen MR) is 112 cm³/mol. The summed E-state index contributed by atoms with van der Waals surface area (Å²) in [5, 5.41) is 3.94. The van der Waals surface area contributed by atoms with Crippen molar-refractivity contribution in [2.75, 3.05) is 6.54 Å². The van der Waals surface area contributed by atoms with Crippen molar-refractivity contribution in [2.45, 2.75) is 12.8 Å². The van der Waals surface area contributed by atoms with E-state index in [1.165, 1.54) is 5.56 Å². The Bertz CT molecular complexity index is 1090. The van der Waals surface area contributed by atoms with Crippen molar-refractivity contribution in [2.24, 2.45) is 0 Å². The molecule has 28 heavy (non-hydrogen) atoms. The number of nitrogens with one attached hydrogen (secondary N) is 1. The van der Waals surface area contributed by atoms with Gasteiger partial charge in [-0.1, -0.05) is 55.5 Å². The second-order valence-electron chi connectivity index (χ2n) is 6.83. The molecule has 1 amide bonds. The smallest absolute Gasteiger partial charge is 0.252 e. The van der Waals surface area contributed by atoms with Crippen molar-refractivity contribution in [1.29, 1.82) is 0 Å². The van der Waals surface area contributed by atoms with Gasteiger partial charge in [-0.3, -0.25) is 9.78 Å². The third-order valence-electron chi connectivity index (χ3n) is 4.87. The minimum Gasteiger partial charge on any atom is -0.351 e. The van der Waals surface area contributed by atoms with E-state index in [-0.39, 0.29) is 11.8 Å². The molecule has 4 heteroatoms. The number of benzene rings is 2. The fourth-order valence-corrected chi connectivity index (χ4v) is 3.27. The fourth-order valence-electron chi connectivity index (χ4n) is 3.27. The topological polar surface area (TPSA) is 54.9 Å². The number of hydrogen-bond acceptors (Lipinski definition) is 3. The summed E-state index contributed by atoms with van der Waals surface area (Å²) in [4.78, 5) is 21.8. The maximum absolute atomic E-state index is 13.0. The van der Waals surface area contributed by atoms with E-state index in [4.69, 9.17) is 4.98 Å². The Morgan fingerprint density at radius 1 is 0.964 bits per heavy atom. The Kier molecular flexibility index (Phi) is 5.11. The summed E-state index contributed by atoms with van der Waals surface area (Å²) in [6.45, 7) is 2.69. The van der Waals surface area contributed by atoms with Crippen LogP contribution in [0.4, 0.5) is 0 Å². The third-order valence-corrected chi connectivity index (χ3v) is 4.87. The van der Waals surface area contributed by atoms with Crippen molar-refractivity contribution in [3.05, 3.63) is 96.3 Å². The van der Waals surface area contributed by atoms with Gasteiger partial charge in [-0.05, 0) is 35.7 Å². The first-order valence-electron chi connectivity index (χ1n) is 9.35. The highest BCUT2D eigenvalue weighted by atomic mass is 16.1. The van der Waals surface area contributed by atoms with Crippen LogP contribution in [0.15, 0.2) is 85.2 Å². The van der Waals surface area contributed by atoms with E-state index in [1.54, 1.807) is 12.4 Å². The molecule has 2 aromatic heterocycles. The number of rotatable bonds is 5. The SMILES string of the molecule is CC(CNC(=O)c1cc(-c2ccncc2)nc2ccccc12)c1ccccc1. The molecule has 4 rings (SSSR count). The van der Waals surface area contributed by atoms with Crippen LogP contribution in [0.2, 0.25) is 0 Å². The van der Waals surface area contributed by atoms with Crippen LogP contribution in [-0.4, -0.2) is 22.4 Å². The Hall–Kier alpha value is -3.53. The lowest BCUT2D eigenvalue weighted by Crippen LogP contribution is -2.27. The van der Waals surface area contributed by atoms with Crippen LogP contribution in [0.25, 0.3) is 22.2 Å². The van der Waals surface area contributed by atoms with Gasteiger partial charge in [-0.15, -0.1) is 0 Å². The zero-order chi connectivity index (χ0) is 19.3. The number of nitrogens with zero attached hydrogens (tertiary/aromatic N) is 2. The Balaban J connectivity index is 1.64. The van der Waals surface area contributed by atoms with E-state index in [1.807, 2.05) is 60.7 Å². The summed E-state index contributed by atoms with van der Waals surface area (Å²) in [5.41, 5.74) is 4.35. The van der Waals surface area contributed by atoms with Gasteiger partial charge in [-0.25, -0.2) is 4.98 Å². The highest BCUT2D eigenvalue weighted by Gasteiger charge is 2.15. The molecular weight excluding hydrogens is 346 g/mol. The highest BCUT2D eigenvalue weighted by molar-refractivity contribution is 6.07. The lowest BCUT2D eigenvalue weighted by Gasteiger charge is -2.14. The molecule has 0 aliphatic carbocycles. The van der Waals surface area contributed by atoms with E-state index in [2.05, 4.69) is 29.4 Å². The first kappa shape index (κ1) is 17.9. The van der Waals surface area contributed by atoms with Gasteiger partial charge in [0.05, 0.1) is 16.8 Å². The largest absolute Gasteiger partial charge is 0.351 e. The van der Waals surface area contributed by atoms with Gasteiger partial charge in [0, 0.05) is 29.9 Å². The summed E-state index contributed by atoms with van der Waals surface area (Å²) >= 11 is 0. The molecule has 1 N–H and O–H groups in total. The second-order valence-corrected chi connectivity index (χ2v) is 6.83. The molecule has 4 aromatic rings. The lowest BCUT2D eigenvalue weighted by molar-refractivity contribution is 0.0953. The van der Waals surface area contributed by atoms with Gasteiger partial charge < -0.3 is 5.32 Å². The monoisotopic (exact) mass is 367 g/mol. The molecule has 0 saturated carbocycles. The molecule has 0 saturated heterocycles. The average Bonchev–Trinajstić information content (AvgIpc) is 2.77. The van der Waals surface area contributed by atoms with Crippen LogP contribution < -0.4 is 5.32 Å². The summed E-state index contributed by atoms with van der Waals surface area (Å²) in [6, 6.07) is 23.6. The van der Waals surface area contributed by atoms with Crippen molar-refractivity contribution >= 4 is 16.8 Å². The van der Waals surface area contributed by atoms with Crippen LogP contribution in [0.3, 0.4) is 0 Å². The zero-order valence-electron chi connectivity index (χ0n) is 15.7. The van der Waals surface area contributed by atoms with Gasteiger partial charge in [0.15, 0.2) is 0 Å². The van der Waals surface area contributed by atoms with Crippen molar-refractivity contribution in [1.82, 2.24) is 15.3 Å². The number of aromatic nitrogens is 2. The maximum Gasteiger partial charge on any atom is 0.252 e. The van der Waals surface area contributed by atoms with Gasteiger partial charge in [0.25, 0.3) is 5.91 Å². The first-order valence-corrected chi connectivity index (χ1v) is 9.35. The van der Waals surface area contributed by atoms with Crippen LogP contribution in [0.5, 0.6) is 0 Å². The van der Waals surface area contributed by atoms with Crippen molar-refractivity contribution in [3.8, 4) is 11.3 Å². The summed E-state index contributed by atoms with van der Waals surface area (Å²) in [6.07, 6.45) is 3.46. The molecule has 0 aliphatic heterocycles. The molecule has 4 nitrogen and oxygen atoms in total. The molecule has 1 atom stereocenters. The van der Waals surface area contributed by atoms with Crippen LogP contribution in [-0.2, 0) is 0 Å². The van der Waals surface area contributed by atoms with E-state index in [0.717, 1.165) is 22.2 Å². The second kappa shape index (κ2) is 8.01. The maximum atomic E-state index is 13.0. The van der Waals surface area contributed by atoms with E-state index in [9.17, 15) is 4.79 Å².